The number of halogens is 3. The maximum Gasteiger partial charge on any atom is 0.159 e. The molecule has 0 aliphatic heterocycles. The van der Waals surface area contributed by atoms with Crippen molar-refractivity contribution in [2.75, 3.05) is 0 Å². The fourth-order valence-electron chi connectivity index (χ4n) is 7.91. The van der Waals surface area contributed by atoms with Gasteiger partial charge < -0.3 is 0 Å². The summed E-state index contributed by atoms with van der Waals surface area (Å²) >= 11 is 0. The summed E-state index contributed by atoms with van der Waals surface area (Å²) in [6.45, 7) is 2.31. The highest BCUT2D eigenvalue weighted by atomic mass is 19.2. The molecule has 3 fully saturated rings. The molecule has 0 aromatic heterocycles. The van der Waals surface area contributed by atoms with Crippen molar-refractivity contribution in [3.63, 3.8) is 0 Å². The summed E-state index contributed by atoms with van der Waals surface area (Å²) in [5, 5.41) is 0. The van der Waals surface area contributed by atoms with Gasteiger partial charge >= 0.3 is 0 Å². The van der Waals surface area contributed by atoms with Gasteiger partial charge in [-0.2, -0.15) is 0 Å². The Morgan fingerprint density at radius 1 is 0.556 bits per heavy atom. The van der Waals surface area contributed by atoms with E-state index in [-0.39, 0.29) is 17.7 Å². The topological polar surface area (TPSA) is 0 Å². The van der Waals surface area contributed by atoms with Gasteiger partial charge in [0.25, 0.3) is 0 Å². The largest absolute Gasteiger partial charge is 0.207 e. The van der Waals surface area contributed by atoms with Gasteiger partial charge in [0, 0.05) is 0 Å². The zero-order valence-corrected chi connectivity index (χ0v) is 22.0. The van der Waals surface area contributed by atoms with E-state index in [2.05, 4.69) is 13.0 Å². The fourth-order valence-corrected chi connectivity index (χ4v) is 7.91. The van der Waals surface area contributed by atoms with Gasteiger partial charge in [0.2, 0.25) is 0 Å². The van der Waals surface area contributed by atoms with Gasteiger partial charge in [0.15, 0.2) is 11.6 Å². The minimum Gasteiger partial charge on any atom is -0.207 e. The van der Waals surface area contributed by atoms with Crippen LogP contribution in [0.15, 0.2) is 36.4 Å². The number of hydrogen-bond donors (Lipinski definition) is 0. The molecule has 2 aromatic rings. The van der Waals surface area contributed by atoms with E-state index in [1.807, 2.05) is 12.1 Å². The summed E-state index contributed by atoms with van der Waals surface area (Å²) in [5.41, 5.74) is 2.91. The van der Waals surface area contributed by atoms with Crippen LogP contribution in [-0.4, -0.2) is 0 Å². The molecule has 0 heterocycles. The molecule has 0 atom stereocenters. The van der Waals surface area contributed by atoms with Crippen molar-refractivity contribution in [2.24, 2.45) is 17.8 Å². The summed E-state index contributed by atoms with van der Waals surface area (Å²) in [6, 6.07) is 10.3. The van der Waals surface area contributed by atoms with Crippen LogP contribution in [0.4, 0.5) is 13.2 Å². The lowest BCUT2D eigenvalue weighted by molar-refractivity contribution is 0.156. The van der Waals surface area contributed by atoms with Crippen molar-refractivity contribution in [2.45, 2.75) is 115 Å². The van der Waals surface area contributed by atoms with Crippen LogP contribution < -0.4 is 0 Å². The average molecular weight is 497 g/mol. The second-order valence-corrected chi connectivity index (χ2v) is 12.2. The third-order valence-electron chi connectivity index (χ3n) is 10.1. The van der Waals surface area contributed by atoms with Gasteiger partial charge in [-0.05, 0) is 135 Å². The van der Waals surface area contributed by atoms with Gasteiger partial charge in [-0.15, -0.1) is 0 Å². The zero-order valence-electron chi connectivity index (χ0n) is 22.0. The predicted octanol–water partition coefficient (Wildman–Crippen LogP) is 10.4. The smallest absolute Gasteiger partial charge is 0.159 e. The molecule has 2 aromatic carbocycles. The third kappa shape index (κ3) is 5.86. The van der Waals surface area contributed by atoms with E-state index in [0.29, 0.717) is 5.92 Å². The Kier molecular flexibility index (Phi) is 8.43. The molecule has 3 aliphatic rings. The minimum absolute atomic E-state index is 0.0415. The highest BCUT2D eigenvalue weighted by Gasteiger charge is 2.32. The monoisotopic (exact) mass is 496 g/mol. The second kappa shape index (κ2) is 11.7. The summed E-state index contributed by atoms with van der Waals surface area (Å²) in [4.78, 5) is 0. The number of hydrogen-bond acceptors (Lipinski definition) is 0. The Balaban J connectivity index is 1.13. The lowest BCUT2D eigenvalue weighted by Crippen LogP contribution is -2.25. The van der Waals surface area contributed by atoms with Gasteiger partial charge in [0.05, 0.1) is 0 Å². The van der Waals surface area contributed by atoms with E-state index in [4.69, 9.17) is 0 Å². The van der Waals surface area contributed by atoms with Gasteiger partial charge in [0.1, 0.15) is 5.82 Å². The van der Waals surface area contributed by atoms with Crippen LogP contribution in [0.2, 0.25) is 0 Å². The first-order valence-electron chi connectivity index (χ1n) is 14.8. The van der Waals surface area contributed by atoms with Crippen molar-refractivity contribution in [1.82, 2.24) is 0 Å². The van der Waals surface area contributed by atoms with Crippen LogP contribution in [0.25, 0.3) is 0 Å². The first-order valence-corrected chi connectivity index (χ1v) is 14.8. The van der Waals surface area contributed by atoms with Crippen LogP contribution in [0.3, 0.4) is 0 Å². The van der Waals surface area contributed by atoms with Crippen molar-refractivity contribution >= 4 is 0 Å². The van der Waals surface area contributed by atoms with E-state index in [0.717, 1.165) is 54.6 Å². The Morgan fingerprint density at radius 3 is 1.61 bits per heavy atom. The summed E-state index contributed by atoms with van der Waals surface area (Å²) in [6.07, 6.45) is 17.1. The molecule has 5 rings (SSSR count). The first kappa shape index (κ1) is 25.9. The quantitative estimate of drug-likeness (QED) is 0.373. The van der Waals surface area contributed by atoms with Crippen LogP contribution in [0, 0.1) is 35.2 Å². The van der Waals surface area contributed by atoms with E-state index in [1.54, 1.807) is 6.07 Å². The van der Waals surface area contributed by atoms with Crippen molar-refractivity contribution < 1.29 is 13.2 Å². The van der Waals surface area contributed by atoms with Crippen LogP contribution in [0.1, 0.15) is 131 Å². The molecule has 0 bridgehead atoms. The highest BCUT2D eigenvalue weighted by molar-refractivity contribution is 5.31. The maximum absolute atomic E-state index is 15.3. The van der Waals surface area contributed by atoms with Crippen molar-refractivity contribution in [3.05, 3.63) is 70.5 Å². The molecule has 0 radical (unpaired) electrons. The second-order valence-electron chi connectivity index (χ2n) is 12.2. The number of benzene rings is 2. The van der Waals surface area contributed by atoms with E-state index >= 15 is 4.39 Å². The van der Waals surface area contributed by atoms with Crippen LogP contribution >= 0.6 is 0 Å². The number of rotatable bonds is 6. The average Bonchev–Trinajstić information content (AvgIpc) is 2.91. The lowest BCUT2D eigenvalue weighted by atomic mass is 9.68. The molecular weight excluding hydrogens is 453 g/mol. The predicted molar refractivity (Wildman–Crippen MR) is 142 cm³/mol. The molecule has 0 amide bonds. The van der Waals surface area contributed by atoms with E-state index < -0.39 is 11.6 Å². The summed E-state index contributed by atoms with van der Waals surface area (Å²) < 4.78 is 42.2. The minimum atomic E-state index is -0.794. The molecule has 0 nitrogen and oxygen atoms in total. The molecule has 0 saturated heterocycles. The molecular formula is C33H43F3. The summed E-state index contributed by atoms with van der Waals surface area (Å²) in [5.74, 6) is 2.14. The molecule has 3 heteroatoms. The molecule has 0 N–H and O–H groups in total. The summed E-state index contributed by atoms with van der Waals surface area (Å²) in [7, 11) is 0. The highest BCUT2D eigenvalue weighted by Crippen LogP contribution is 2.46. The van der Waals surface area contributed by atoms with E-state index in [9.17, 15) is 8.78 Å². The Hall–Kier alpha value is -1.77. The fraction of sp³-hybridized carbons (Fsp3) is 0.636. The van der Waals surface area contributed by atoms with E-state index in [1.165, 1.54) is 81.9 Å². The molecule has 36 heavy (non-hydrogen) atoms. The SMILES string of the molecule is CCCC1CCC(C2CCC(c3ccc(C4CCC(c5ccc(F)c(F)c5)CC4)c(F)c3)CC2)CC1. The molecule has 0 spiro atoms. The Morgan fingerprint density at radius 2 is 1.06 bits per heavy atom. The third-order valence-corrected chi connectivity index (χ3v) is 10.1. The van der Waals surface area contributed by atoms with Crippen LogP contribution in [-0.2, 0) is 0 Å². The molecule has 3 aliphatic carbocycles. The van der Waals surface area contributed by atoms with Crippen LogP contribution in [0.5, 0.6) is 0 Å². The first-order chi connectivity index (χ1) is 17.5. The van der Waals surface area contributed by atoms with Gasteiger partial charge in [-0.1, -0.05) is 50.8 Å². The van der Waals surface area contributed by atoms with Crippen molar-refractivity contribution in [3.8, 4) is 0 Å². The van der Waals surface area contributed by atoms with Gasteiger partial charge in [-0.3, -0.25) is 0 Å². The van der Waals surface area contributed by atoms with Gasteiger partial charge in [-0.25, -0.2) is 13.2 Å². The Bertz CT molecular complexity index is 990. The maximum atomic E-state index is 15.3. The lowest BCUT2D eigenvalue weighted by Gasteiger charge is -2.38. The molecule has 0 unspecified atom stereocenters. The standard InChI is InChI=1S/C33H43F3/c1-2-3-22-4-6-23(7-5-22)24-8-10-25(11-9-24)28-16-18-30(32(35)20-28)27-14-12-26(13-15-27)29-17-19-31(34)33(36)21-29/h16-27H,2-15H2,1H3. The Labute approximate surface area is 216 Å². The van der Waals surface area contributed by atoms with Crippen molar-refractivity contribution in [1.29, 1.82) is 0 Å². The molecule has 196 valence electrons. The molecule has 3 saturated carbocycles. The normalized spacial score (nSPS) is 31.3. The zero-order chi connectivity index (χ0) is 25.1.